The minimum Gasteiger partial charge on any atom is -0.325 e. The van der Waals surface area contributed by atoms with E-state index < -0.39 is 0 Å². The van der Waals surface area contributed by atoms with Crippen molar-refractivity contribution in [3.05, 3.63) is 71.5 Å². The van der Waals surface area contributed by atoms with Gasteiger partial charge in [-0.2, -0.15) is 5.26 Å². The molecule has 0 aliphatic carbocycles. The van der Waals surface area contributed by atoms with Crippen molar-refractivity contribution in [1.29, 1.82) is 5.26 Å². The molecule has 0 aliphatic heterocycles. The maximum absolute atomic E-state index is 12.5. The van der Waals surface area contributed by atoms with Crippen LogP contribution in [0.2, 0.25) is 0 Å². The maximum atomic E-state index is 12.5. The van der Waals surface area contributed by atoms with Crippen molar-refractivity contribution < 1.29 is 4.79 Å². The lowest BCUT2D eigenvalue weighted by Gasteiger charge is -2.13. The van der Waals surface area contributed by atoms with Gasteiger partial charge in [-0.1, -0.05) is 48.2 Å². The second-order valence-corrected chi connectivity index (χ2v) is 7.56. The van der Waals surface area contributed by atoms with E-state index in [1.807, 2.05) is 36.6 Å². The highest BCUT2D eigenvalue weighted by molar-refractivity contribution is 8.00. The second-order valence-electron chi connectivity index (χ2n) is 6.25. The number of rotatable bonds is 7. The third-order valence-corrected chi connectivity index (χ3v) is 5.31. The summed E-state index contributed by atoms with van der Waals surface area (Å²) in [7, 11) is 0. The average Bonchev–Trinajstić information content (AvgIpc) is 3.09. The van der Waals surface area contributed by atoms with Gasteiger partial charge in [0.2, 0.25) is 5.91 Å². The zero-order valence-electron chi connectivity index (χ0n) is 15.8. The molecule has 28 heavy (non-hydrogen) atoms. The van der Waals surface area contributed by atoms with Crippen LogP contribution >= 0.6 is 11.8 Å². The van der Waals surface area contributed by atoms with Gasteiger partial charge in [0, 0.05) is 18.7 Å². The number of benzene rings is 2. The smallest absolute Gasteiger partial charge is 0.237 e. The van der Waals surface area contributed by atoms with Gasteiger partial charge in [-0.25, -0.2) is 0 Å². The van der Waals surface area contributed by atoms with Crippen LogP contribution in [0.15, 0.2) is 59.8 Å². The number of aromatic nitrogens is 3. The summed E-state index contributed by atoms with van der Waals surface area (Å²) < 4.78 is 2.04. The molecule has 0 aliphatic rings. The first kappa shape index (κ1) is 19.6. The molecule has 3 rings (SSSR count). The van der Waals surface area contributed by atoms with Crippen molar-refractivity contribution >= 4 is 23.4 Å². The number of amides is 1. The molecule has 2 aromatic carbocycles. The van der Waals surface area contributed by atoms with E-state index in [9.17, 15) is 4.79 Å². The van der Waals surface area contributed by atoms with E-state index in [0.717, 1.165) is 17.5 Å². The Hall–Kier alpha value is -3.11. The topological polar surface area (TPSA) is 83.6 Å². The van der Waals surface area contributed by atoms with E-state index in [4.69, 9.17) is 5.26 Å². The summed E-state index contributed by atoms with van der Waals surface area (Å²) >= 11 is 1.38. The number of hydrogen-bond donors (Lipinski definition) is 1. The number of hydrogen-bond acceptors (Lipinski definition) is 5. The van der Waals surface area contributed by atoms with Crippen LogP contribution < -0.4 is 5.32 Å². The Balaban J connectivity index is 1.68. The van der Waals surface area contributed by atoms with Crippen molar-refractivity contribution in [3.63, 3.8) is 0 Å². The number of nitrogens with zero attached hydrogens (tertiary/aromatic N) is 4. The monoisotopic (exact) mass is 391 g/mol. The molecule has 1 amide bonds. The molecule has 0 unspecified atom stereocenters. The Morgan fingerprint density at radius 1 is 1.21 bits per heavy atom. The first-order chi connectivity index (χ1) is 13.6. The highest BCUT2D eigenvalue weighted by Crippen LogP contribution is 2.24. The molecular weight excluding hydrogens is 370 g/mol. The van der Waals surface area contributed by atoms with Crippen molar-refractivity contribution in [3.8, 4) is 6.07 Å². The average molecular weight is 392 g/mol. The van der Waals surface area contributed by atoms with Gasteiger partial charge in [0.15, 0.2) is 5.16 Å². The standard InChI is InChI=1S/C21H21N5OS/c1-3-26-19(13-16-8-5-4-6-9-16)24-25-21(26)28-15(2)20(27)23-18-11-7-10-17(12-18)14-22/h4-12,15H,3,13H2,1-2H3,(H,23,27)/t15-/m1/s1. The molecule has 0 spiro atoms. The summed E-state index contributed by atoms with van der Waals surface area (Å²) in [5.74, 6) is 0.737. The van der Waals surface area contributed by atoms with Gasteiger partial charge < -0.3 is 9.88 Å². The Kier molecular flexibility index (Phi) is 6.45. The van der Waals surface area contributed by atoms with Gasteiger partial charge in [-0.05, 0) is 37.6 Å². The minimum absolute atomic E-state index is 0.143. The van der Waals surface area contributed by atoms with Gasteiger partial charge in [-0.3, -0.25) is 4.79 Å². The van der Waals surface area contributed by atoms with Gasteiger partial charge in [-0.15, -0.1) is 10.2 Å². The predicted molar refractivity (Wildman–Crippen MR) is 110 cm³/mol. The summed E-state index contributed by atoms with van der Waals surface area (Å²) in [4.78, 5) is 12.5. The van der Waals surface area contributed by atoms with E-state index in [1.54, 1.807) is 24.3 Å². The number of thioether (sulfide) groups is 1. The van der Waals surface area contributed by atoms with Crippen LogP contribution in [-0.2, 0) is 17.8 Å². The quantitative estimate of drug-likeness (QED) is 0.618. The molecule has 0 saturated heterocycles. The molecule has 0 bridgehead atoms. The highest BCUT2D eigenvalue weighted by atomic mass is 32.2. The zero-order valence-corrected chi connectivity index (χ0v) is 16.6. The van der Waals surface area contributed by atoms with Crippen LogP contribution in [-0.4, -0.2) is 25.9 Å². The highest BCUT2D eigenvalue weighted by Gasteiger charge is 2.20. The molecule has 1 N–H and O–H groups in total. The van der Waals surface area contributed by atoms with E-state index in [0.29, 0.717) is 17.7 Å². The normalized spacial score (nSPS) is 11.6. The summed E-state index contributed by atoms with van der Waals surface area (Å²) in [5, 5.41) is 20.8. The van der Waals surface area contributed by atoms with Crippen LogP contribution in [0, 0.1) is 11.3 Å². The fourth-order valence-electron chi connectivity index (χ4n) is 2.76. The lowest BCUT2D eigenvalue weighted by Crippen LogP contribution is -2.23. The molecule has 1 aromatic heterocycles. The third kappa shape index (κ3) is 4.78. The largest absolute Gasteiger partial charge is 0.325 e. The van der Waals surface area contributed by atoms with Gasteiger partial charge in [0.1, 0.15) is 5.82 Å². The van der Waals surface area contributed by atoms with Crippen molar-refractivity contribution in [2.45, 2.75) is 37.2 Å². The second kappa shape index (κ2) is 9.20. The maximum Gasteiger partial charge on any atom is 0.237 e. The SMILES string of the molecule is CCn1c(Cc2ccccc2)nnc1S[C@H](C)C(=O)Nc1cccc(C#N)c1. The molecule has 0 fully saturated rings. The van der Waals surface area contributed by atoms with Crippen LogP contribution in [0.1, 0.15) is 30.8 Å². The van der Waals surface area contributed by atoms with E-state index in [1.165, 1.54) is 17.3 Å². The van der Waals surface area contributed by atoms with Crippen LogP contribution in [0.25, 0.3) is 0 Å². The molecule has 0 radical (unpaired) electrons. The van der Waals surface area contributed by atoms with E-state index in [-0.39, 0.29) is 11.2 Å². The Bertz CT molecular complexity index is 994. The fourth-order valence-corrected chi connectivity index (χ4v) is 3.69. The number of carbonyl (C=O) groups excluding carboxylic acids is 1. The van der Waals surface area contributed by atoms with Crippen LogP contribution in [0.4, 0.5) is 5.69 Å². The van der Waals surface area contributed by atoms with Crippen molar-refractivity contribution in [2.75, 3.05) is 5.32 Å². The van der Waals surface area contributed by atoms with Gasteiger partial charge in [0.25, 0.3) is 0 Å². The summed E-state index contributed by atoms with van der Waals surface area (Å²) in [6, 6.07) is 19.1. The molecule has 7 heteroatoms. The van der Waals surface area contributed by atoms with E-state index in [2.05, 4.69) is 33.7 Å². The molecule has 6 nitrogen and oxygen atoms in total. The molecular formula is C21H21N5OS. The fraction of sp³-hybridized carbons (Fsp3) is 0.238. The summed E-state index contributed by atoms with van der Waals surface area (Å²) in [5.41, 5.74) is 2.29. The third-order valence-electron chi connectivity index (χ3n) is 4.23. The first-order valence-electron chi connectivity index (χ1n) is 9.04. The molecule has 1 atom stereocenters. The molecule has 142 valence electrons. The molecule has 3 aromatic rings. The van der Waals surface area contributed by atoms with Crippen LogP contribution in [0.5, 0.6) is 0 Å². The van der Waals surface area contributed by atoms with Crippen molar-refractivity contribution in [1.82, 2.24) is 14.8 Å². The van der Waals surface area contributed by atoms with Crippen molar-refractivity contribution in [2.24, 2.45) is 0 Å². The minimum atomic E-state index is -0.357. The lowest BCUT2D eigenvalue weighted by atomic mass is 10.1. The Morgan fingerprint density at radius 2 is 2.00 bits per heavy atom. The number of nitriles is 1. The number of nitrogens with one attached hydrogen (secondary N) is 1. The summed E-state index contributed by atoms with van der Waals surface area (Å²) in [6.45, 7) is 4.61. The predicted octanol–water partition coefficient (Wildman–Crippen LogP) is 3.88. The zero-order chi connectivity index (χ0) is 19.9. The van der Waals surface area contributed by atoms with Crippen LogP contribution in [0.3, 0.4) is 0 Å². The first-order valence-corrected chi connectivity index (χ1v) is 9.92. The Morgan fingerprint density at radius 3 is 2.71 bits per heavy atom. The number of anilines is 1. The molecule has 1 heterocycles. The lowest BCUT2D eigenvalue weighted by molar-refractivity contribution is -0.115. The van der Waals surface area contributed by atoms with Gasteiger partial charge >= 0.3 is 0 Å². The number of carbonyl (C=O) groups is 1. The summed E-state index contributed by atoms with van der Waals surface area (Å²) in [6.07, 6.45) is 0.698. The molecule has 0 saturated carbocycles. The Labute approximate surface area is 168 Å². The van der Waals surface area contributed by atoms with E-state index >= 15 is 0 Å². The van der Waals surface area contributed by atoms with Gasteiger partial charge in [0.05, 0.1) is 16.9 Å².